The van der Waals surface area contributed by atoms with Crippen molar-refractivity contribution >= 4 is 17.3 Å². The van der Waals surface area contributed by atoms with Crippen LogP contribution in [0, 0.1) is 0 Å². The van der Waals surface area contributed by atoms with E-state index < -0.39 is 0 Å². The Morgan fingerprint density at radius 3 is 2.44 bits per heavy atom. The van der Waals surface area contributed by atoms with Crippen LogP contribution in [0.4, 0.5) is 5.69 Å². The Bertz CT molecular complexity index is 444. The van der Waals surface area contributed by atoms with E-state index in [0.29, 0.717) is 5.92 Å². The molecule has 2 saturated heterocycles. The van der Waals surface area contributed by atoms with Gasteiger partial charge in [-0.05, 0) is 36.5 Å². The van der Waals surface area contributed by atoms with Crippen LogP contribution in [0.1, 0.15) is 38.2 Å². The molecule has 2 heterocycles. The molecular formula is C15H20ClNO. The van der Waals surface area contributed by atoms with Crippen molar-refractivity contribution in [2.24, 2.45) is 0 Å². The van der Waals surface area contributed by atoms with Gasteiger partial charge in [0.2, 0.25) is 0 Å². The molecule has 2 aliphatic rings. The number of hydrogen-bond acceptors (Lipinski definition) is 2. The molecular weight excluding hydrogens is 246 g/mol. The minimum atomic E-state index is 0.237. The lowest BCUT2D eigenvalue weighted by molar-refractivity contribution is 0.259. The molecule has 2 fully saturated rings. The molecule has 2 nitrogen and oxygen atoms in total. The van der Waals surface area contributed by atoms with E-state index in [0.717, 1.165) is 37.6 Å². The Balaban J connectivity index is 1.76. The fourth-order valence-corrected chi connectivity index (χ4v) is 2.99. The normalized spacial score (nSPS) is 21.7. The maximum absolute atomic E-state index is 6.42. The number of hydrogen-bond donors (Lipinski definition) is 0. The first kappa shape index (κ1) is 12.3. The predicted molar refractivity (Wildman–Crippen MR) is 75.7 cm³/mol. The summed E-state index contributed by atoms with van der Waals surface area (Å²) < 4.78 is 5.54. The summed E-state index contributed by atoms with van der Waals surface area (Å²) in [5, 5.41) is 0.883. The van der Waals surface area contributed by atoms with E-state index in [1.165, 1.54) is 11.3 Å². The maximum Gasteiger partial charge on any atom is 0.0950 e. The van der Waals surface area contributed by atoms with Gasteiger partial charge in [0, 0.05) is 13.1 Å². The average Bonchev–Trinajstić information content (AvgIpc) is 3.10. The molecule has 18 heavy (non-hydrogen) atoms. The minimum absolute atomic E-state index is 0.237. The van der Waals surface area contributed by atoms with Gasteiger partial charge in [-0.25, -0.2) is 0 Å². The van der Waals surface area contributed by atoms with Crippen molar-refractivity contribution < 1.29 is 4.74 Å². The van der Waals surface area contributed by atoms with E-state index in [9.17, 15) is 0 Å². The van der Waals surface area contributed by atoms with E-state index in [4.69, 9.17) is 16.3 Å². The van der Waals surface area contributed by atoms with Crippen LogP contribution in [-0.2, 0) is 4.74 Å². The van der Waals surface area contributed by atoms with Crippen LogP contribution in [0.25, 0.3) is 0 Å². The van der Waals surface area contributed by atoms with Crippen LogP contribution >= 0.6 is 11.6 Å². The van der Waals surface area contributed by atoms with Crippen LogP contribution in [0.3, 0.4) is 0 Å². The highest BCUT2D eigenvalue weighted by Crippen LogP contribution is 2.40. The van der Waals surface area contributed by atoms with Crippen LogP contribution in [-0.4, -0.2) is 25.3 Å². The van der Waals surface area contributed by atoms with Gasteiger partial charge in [-0.15, -0.1) is 0 Å². The molecule has 0 amide bonds. The topological polar surface area (TPSA) is 15.8 Å². The van der Waals surface area contributed by atoms with Crippen LogP contribution < -0.4 is 4.90 Å². The number of nitrogens with zero attached hydrogens (tertiary/aromatic N) is 1. The molecule has 0 unspecified atom stereocenters. The molecule has 0 N–H and O–H groups in total. The number of rotatable bonds is 2. The second-order valence-electron chi connectivity index (χ2n) is 5.82. The maximum atomic E-state index is 6.42. The van der Waals surface area contributed by atoms with Crippen molar-refractivity contribution in [3.8, 4) is 0 Å². The zero-order valence-corrected chi connectivity index (χ0v) is 11.8. The average molecular weight is 266 g/mol. The van der Waals surface area contributed by atoms with Gasteiger partial charge >= 0.3 is 0 Å². The third-order valence-electron chi connectivity index (χ3n) is 4.21. The fourth-order valence-electron chi connectivity index (χ4n) is 2.68. The Morgan fingerprint density at radius 2 is 1.94 bits per heavy atom. The highest BCUT2D eigenvalue weighted by atomic mass is 35.5. The smallest absolute Gasteiger partial charge is 0.0950 e. The van der Waals surface area contributed by atoms with Crippen molar-refractivity contribution in [1.29, 1.82) is 0 Å². The van der Waals surface area contributed by atoms with Crippen molar-refractivity contribution in [2.75, 3.05) is 24.6 Å². The highest BCUT2D eigenvalue weighted by molar-refractivity contribution is 6.33. The summed E-state index contributed by atoms with van der Waals surface area (Å²) in [5.41, 5.74) is 2.72. The van der Waals surface area contributed by atoms with Gasteiger partial charge in [-0.2, -0.15) is 0 Å². The first-order valence-electron chi connectivity index (χ1n) is 6.78. The minimum Gasteiger partial charge on any atom is -0.370 e. The molecule has 3 heteroatoms. The number of anilines is 1. The summed E-state index contributed by atoms with van der Waals surface area (Å²) in [4.78, 5) is 2.39. The molecule has 98 valence electrons. The lowest BCUT2D eigenvalue weighted by Gasteiger charge is -2.33. The van der Waals surface area contributed by atoms with E-state index >= 15 is 0 Å². The van der Waals surface area contributed by atoms with Crippen molar-refractivity contribution in [1.82, 2.24) is 0 Å². The lowest BCUT2D eigenvalue weighted by atomic mass is 9.97. The summed E-state index contributed by atoms with van der Waals surface area (Å²) in [7, 11) is 0. The molecule has 1 aromatic carbocycles. The number of benzene rings is 1. The molecule has 0 aromatic heterocycles. The van der Waals surface area contributed by atoms with Crippen molar-refractivity contribution in [2.45, 2.75) is 38.2 Å². The monoisotopic (exact) mass is 265 g/mol. The second kappa shape index (κ2) is 4.43. The standard InChI is InChI=1S/C15H20ClNO/c1-11(2)12-3-4-14(13(16)9-12)17-7-5-15(6-8-17)10-18-15/h3-4,9,11H,5-8,10H2,1-2H3. The molecule has 1 aromatic rings. The molecule has 0 atom stereocenters. The zero-order chi connectivity index (χ0) is 12.8. The number of piperidine rings is 1. The first-order valence-corrected chi connectivity index (χ1v) is 7.16. The first-order chi connectivity index (χ1) is 8.60. The molecule has 1 spiro atoms. The van der Waals surface area contributed by atoms with Gasteiger partial charge in [0.05, 0.1) is 22.9 Å². The third-order valence-corrected chi connectivity index (χ3v) is 4.51. The van der Waals surface area contributed by atoms with Crippen LogP contribution in [0.5, 0.6) is 0 Å². The van der Waals surface area contributed by atoms with Gasteiger partial charge in [0.15, 0.2) is 0 Å². The molecule has 0 aliphatic carbocycles. The zero-order valence-electron chi connectivity index (χ0n) is 11.1. The number of halogens is 1. The van der Waals surface area contributed by atoms with Crippen molar-refractivity contribution in [3.05, 3.63) is 28.8 Å². The van der Waals surface area contributed by atoms with Gasteiger partial charge in [0.1, 0.15) is 0 Å². The van der Waals surface area contributed by atoms with Gasteiger partial charge in [0.25, 0.3) is 0 Å². The van der Waals surface area contributed by atoms with E-state index in [1.54, 1.807) is 0 Å². The Morgan fingerprint density at radius 1 is 1.28 bits per heavy atom. The van der Waals surface area contributed by atoms with E-state index in [-0.39, 0.29) is 5.60 Å². The number of epoxide rings is 1. The third kappa shape index (κ3) is 2.24. The van der Waals surface area contributed by atoms with Gasteiger partial charge < -0.3 is 9.64 Å². The van der Waals surface area contributed by atoms with Gasteiger partial charge in [-0.3, -0.25) is 0 Å². The summed E-state index contributed by atoms with van der Waals surface area (Å²) in [6, 6.07) is 6.48. The summed E-state index contributed by atoms with van der Waals surface area (Å²) in [5.74, 6) is 0.529. The Hall–Kier alpha value is -0.730. The Kier molecular flexibility index (Phi) is 3.03. The molecule has 0 saturated carbocycles. The van der Waals surface area contributed by atoms with Crippen molar-refractivity contribution in [3.63, 3.8) is 0 Å². The highest BCUT2D eigenvalue weighted by Gasteiger charge is 2.46. The largest absolute Gasteiger partial charge is 0.370 e. The number of ether oxygens (including phenoxy) is 1. The Labute approximate surface area is 114 Å². The fraction of sp³-hybridized carbons (Fsp3) is 0.600. The molecule has 2 aliphatic heterocycles. The van der Waals surface area contributed by atoms with E-state index in [2.05, 4.69) is 36.9 Å². The predicted octanol–water partition coefficient (Wildman–Crippen LogP) is 3.83. The van der Waals surface area contributed by atoms with E-state index in [1.807, 2.05) is 0 Å². The molecule has 3 rings (SSSR count). The lowest BCUT2D eigenvalue weighted by Crippen LogP contribution is -2.37. The molecule has 0 radical (unpaired) electrons. The SMILES string of the molecule is CC(C)c1ccc(N2CCC3(CC2)CO3)c(Cl)c1. The van der Waals surface area contributed by atoms with Crippen LogP contribution in [0.2, 0.25) is 5.02 Å². The second-order valence-corrected chi connectivity index (χ2v) is 6.23. The summed E-state index contributed by atoms with van der Waals surface area (Å²) >= 11 is 6.42. The quantitative estimate of drug-likeness (QED) is 0.756. The molecule has 0 bridgehead atoms. The van der Waals surface area contributed by atoms with Gasteiger partial charge in [-0.1, -0.05) is 31.5 Å². The summed E-state index contributed by atoms with van der Waals surface area (Å²) in [6.07, 6.45) is 2.27. The van der Waals surface area contributed by atoms with Crippen LogP contribution in [0.15, 0.2) is 18.2 Å². The summed E-state index contributed by atoms with van der Waals surface area (Å²) in [6.45, 7) is 7.46.